The molecule has 0 aliphatic carbocycles. The van der Waals surface area contributed by atoms with Gasteiger partial charge >= 0.3 is 5.97 Å². The second kappa shape index (κ2) is 5.91. The number of hydrogen-bond donors (Lipinski definition) is 2. The van der Waals surface area contributed by atoms with Crippen molar-refractivity contribution in [1.29, 1.82) is 0 Å². The van der Waals surface area contributed by atoms with Crippen LogP contribution in [-0.2, 0) is 16.0 Å². The summed E-state index contributed by atoms with van der Waals surface area (Å²) in [6.45, 7) is 3.25. The van der Waals surface area contributed by atoms with Crippen molar-refractivity contribution in [2.45, 2.75) is 20.3 Å². The number of amides is 1. The zero-order valence-corrected chi connectivity index (χ0v) is 12.1. The molecule has 1 aromatic carbocycles. The molecule has 0 spiro atoms. The third kappa shape index (κ3) is 3.56. The lowest BCUT2D eigenvalue weighted by Crippen LogP contribution is -2.39. The molecule has 1 heterocycles. The third-order valence-corrected chi connectivity index (χ3v) is 3.37. The van der Waals surface area contributed by atoms with Crippen LogP contribution in [0.15, 0.2) is 36.5 Å². The number of aliphatic carboxylic acids is 1. The summed E-state index contributed by atoms with van der Waals surface area (Å²) in [4.78, 5) is 27.3. The SMILES string of the molecule is CC(C)(CNC(=O)Cc1cccc2cccnc12)C(=O)O. The number of rotatable bonds is 5. The topological polar surface area (TPSA) is 79.3 Å². The van der Waals surface area contributed by atoms with Crippen LogP contribution in [-0.4, -0.2) is 28.5 Å². The average molecular weight is 286 g/mol. The first-order chi connectivity index (χ1) is 9.90. The number of benzene rings is 1. The second-order valence-corrected chi connectivity index (χ2v) is 5.63. The Labute approximate surface area is 123 Å². The zero-order chi connectivity index (χ0) is 15.5. The van der Waals surface area contributed by atoms with Gasteiger partial charge in [-0.3, -0.25) is 14.6 Å². The van der Waals surface area contributed by atoms with Crippen LogP contribution in [0.25, 0.3) is 10.9 Å². The fraction of sp³-hybridized carbons (Fsp3) is 0.312. The molecule has 1 aromatic heterocycles. The van der Waals surface area contributed by atoms with Crippen molar-refractivity contribution in [3.63, 3.8) is 0 Å². The molecule has 0 bridgehead atoms. The lowest BCUT2D eigenvalue weighted by atomic mass is 9.94. The fourth-order valence-electron chi connectivity index (χ4n) is 1.94. The molecule has 0 fully saturated rings. The van der Waals surface area contributed by atoms with Gasteiger partial charge < -0.3 is 10.4 Å². The van der Waals surface area contributed by atoms with Crippen molar-refractivity contribution in [3.05, 3.63) is 42.1 Å². The number of para-hydroxylation sites is 1. The summed E-state index contributed by atoms with van der Waals surface area (Å²) in [7, 11) is 0. The number of carboxylic acids is 1. The molecule has 0 radical (unpaired) electrons. The summed E-state index contributed by atoms with van der Waals surface area (Å²) in [6.07, 6.45) is 1.88. The number of carbonyl (C=O) groups excluding carboxylic acids is 1. The Morgan fingerprint density at radius 3 is 2.67 bits per heavy atom. The van der Waals surface area contributed by atoms with E-state index in [2.05, 4.69) is 10.3 Å². The molecule has 2 rings (SSSR count). The van der Waals surface area contributed by atoms with Gasteiger partial charge in [0, 0.05) is 18.1 Å². The van der Waals surface area contributed by atoms with Gasteiger partial charge in [0.25, 0.3) is 0 Å². The van der Waals surface area contributed by atoms with Crippen LogP contribution in [0.2, 0.25) is 0 Å². The van der Waals surface area contributed by atoms with Gasteiger partial charge in [-0.05, 0) is 25.5 Å². The maximum atomic E-state index is 12.0. The van der Waals surface area contributed by atoms with Gasteiger partial charge in [0.15, 0.2) is 0 Å². The summed E-state index contributed by atoms with van der Waals surface area (Å²) in [6, 6.07) is 9.47. The smallest absolute Gasteiger partial charge is 0.310 e. The summed E-state index contributed by atoms with van der Waals surface area (Å²) < 4.78 is 0. The lowest BCUT2D eigenvalue weighted by molar-refractivity contribution is -0.146. The first-order valence-corrected chi connectivity index (χ1v) is 6.73. The Morgan fingerprint density at radius 1 is 1.24 bits per heavy atom. The van der Waals surface area contributed by atoms with E-state index in [1.807, 2.05) is 30.3 Å². The molecule has 2 aromatic rings. The van der Waals surface area contributed by atoms with E-state index >= 15 is 0 Å². The summed E-state index contributed by atoms with van der Waals surface area (Å²) in [5, 5.41) is 12.7. The molecular formula is C16H18N2O3. The number of hydrogen-bond acceptors (Lipinski definition) is 3. The van der Waals surface area contributed by atoms with Crippen LogP contribution < -0.4 is 5.32 Å². The van der Waals surface area contributed by atoms with Gasteiger partial charge in [0.1, 0.15) is 0 Å². The Kier molecular flexibility index (Phi) is 4.21. The van der Waals surface area contributed by atoms with E-state index in [1.54, 1.807) is 20.0 Å². The molecule has 5 heteroatoms. The van der Waals surface area contributed by atoms with E-state index in [1.165, 1.54) is 0 Å². The van der Waals surface area contributed by atoms with Crippen LogP contribution in [0.5, 0.6) is 0 Å². The number of nitrogens with zero attached hydrogens (tertiary/aromatic N) is 1. The molecule has 2 N–H and O–H groups in total. The lowest BCUT2D eigenvalue weighted by Gasteiger charge is -2.19. The van der Waals surface area contributed by atoms with Gasteiger partial charge in [-0.1, -0.05) is 24.3 Å². The van der Waals surface area contributed by atoms with E-state index in [0.29, 0.717) is 0 Å². The molecular weight excluding hydrogens is 268 g/mol. The highest BCUT2D eigenvalue weighted by molar-refractivity contribution is 5.87. The zero-order valence-electron chi connectivity index (χ0n) is 12.1. The number of aromatic nitrogens is 1. The third-order valence-electron chi connectivity index (χ3n) is 3.37. The van der Waals surface area contributed by atoms with E-state index in [0.717, 1.165) is 16.5 Å². The summed E-state index contributed by atoms with van der Waals surface area (Å²) >= 11 is 0. The normalized spacial score (nSPS) is 11.3. The van der Waals surface area contributed by atoms with Gasteiger partial charge in [-0.2, -0.15) is 0 Å². The monoisotopic (exact) mass is 286 g/mol. The first kappa shape index (κ1) is 15.0. The Morgan fingerprint density at radius 2 is 1.95 bits per heavy atom. The number of fused-ring (bicyclic) bond motifs is 1. The molecule has 0 aliphatic heterocycles. The number of nitrogens with one attached hydrogen (secondary N) is 1. The maximum absolute atomic E-state index is 12.0. The van der Waals surface area contributed by atoms with Gasteiger partial charge in [0.05, 0.1) is 17.4 Å². The summed E-state index contributed by atoms with van der Waals surface area (Å²) in [5.74, 6) is -1.14. The largest absolute Gasteiger partial charge is 0.481 e. The molecule has 0 unspecified atom stereocenters. The van der Waals surface area contributed by atoms with Crippen LogP contribution in [0.4, 0.5) is 0 Å². The highest BCUT2D eigenvalue weighted by Gasteiger charge is 2.27. The van der Waals surface area contributed by atoms with Gasteiger partial charge in [0.2, 0.25) is 5.91 Å². The molecule has 1 amide bonds. The predicted molar refractivity (Wildman–Crippen MR) is 79.9 cm³/mol. The minimum absolute atomic E-state index is 0.0966. The molecule has 110 valence electrons. The number of carboxylic acid groups (broad SMARTS) is 1. The van der Waals surface area contributed by atoms with Crippen LogP contribution in [0, 0.1) is 5.41 Å². The Hall–Kier alpha value is -2.43. The maximum Gasteiger partial charge on any atom is 0.310 e. The second-order valence-electron chi connectivity index (χ2n) is 5.63. The van der Waals surface area contributed by atoms with Crippen molar-refractivity contribution in [1.82, 2.24) is 10.3 Å². The minimum Gasteiger partial charge on any atom is -0.481 e. The highest BCUT2D eigenvalue weighted by atomic mass is 16.4. The van der Waals surface area contributed by atoms with Gasteiger partial charge in [-0.25, -0.2) is 0 Å². The van der Waals surface area contributed by atoms with E-state index in [-0.39, 0.29) is 18.9 Å². The van der Waals surface area contributed by atoms with Crippen molar-refractivity contribution in [2.75, 3.05) is 6.54 Å². The van der Waals surface area contributed by atoms with Crippen molar-refractivity contribution >= 4 is 22.8 Å². The molecule has 0 saturated heterocycles. The van der Waals surface area contributed by atoms with E-state index in [9.17, 15) is 9.59 Å². The molecule has 0 saturated carbocycles. The number of pyridine rings is 1. The molecule has 5 nitrogen and oxygen atoms in total. The van der Waals surface area contributed by atoms with Crippen molar-refractivity contribution < 1.29 is 14.7 Å². The minimum atomic E-state index is -0.979. The van der Waals surface area contributed by atoms with E-state index in [4.69, 9.17) is 5.11 Å². The van der Waals surface area contributed by atoms with Crippen LogP contribution in [0.3, 0.4) is 0 Å². The van der Waals surface area contributed by atoms with Crippen molar-refractivity contribution in [2.24, 2.45) is 5.41 Å². The van der Waals surface area contributed by atoms with Gasteiger partial charge in [-0.15, -0.1) is 0 Å². The first-order valence-electron chi connectivity index (χ1n) is 6.73. The van der Waals surface area contributed by atoms with Crippen LogP contribution in [0.1, 0.15) is 19.4 Å². The predicted octanol–water partition coefficient (Wildman–Crippen LogP) is 2.00. The summed E-state index contributed by atoms with van der Waals surface area (Å²) in [5.41, 5.74) is 0.651. The average Bonchev–Trinajstić information content (AvgIpc) is 2.45. The Balaban J connectivity index is 2.07. The van der Waals surface area contributed by atoms with Crippen molar-refractivity contribution in [3.8, 4) is 0 Å². The molecule has 0 aliphatic rings. The fourth-order valence-corrected chi connectivity index (χ4v) is 1.94. The highest BCUT2D eigenvalue weighted by Crippen LogP contribution is 2.17. The molecule has 0 atom stereocenters. The van der Waals surface area contributed by atoms with Crippen LogP contribution >= 0.6 is 0 Å². The quantitative estimate of drug-likeness (QED) is 0.881. The standard InChI is InChI=1S/C16H18N2O3/c1-16(2,15(20)21)10-18-13(19)9-12-6-3-5-11-7-4-8-17-14(11)12/h3-8H,9-10H2,1-2H3,(H,18,19)(H,20,21). The molecule has 21 heavy (non-hydrogen) atoms. The Bertz CT molecular complexity index is 675. The van der Waals surface area contributed by atoms with E-state index < -0.39 is 11.4 Å². The number of carbonyl (C=O) groups is 2.